The van der Waals surface area contributed by atoms with E-state index < -0.39 is 18.4 Å². The first-order chi connectivity index (χ1) is 29.3. The van der Waals surface area contributed by atoms with Crippen LogP contribution < -0.4 is 28.4 Å². The lowest BCUT2D eigenvalue weighted by molar-refractivity contribution is -0.156. The molecule has 6 aromatic rings. The van der Waals surface area contributed by atoms with E-state index in [1.807, 2.05) is 116 Å². The Morgan fingerprint density at radius 2 is 0.935 bits per heavy atom. The van der Waals surface area contributed by atoms with Gasteiger partial charge in [-0.1, -0.05) is 12.1 Å². The average Bonchev–Trinajstić information content (AvgIpc) is 3.24. The first-order valence-corrected chi connectivity index (χ1v) is 20.3. The third kappa shape index (κ3) is 11.2. The van der Waals surface area contributed by atoms with Crippen molar-refractivity contribution in [2.24, 2.45) is 0 Å². The van der Waals surface area contributed by atoms with Crippen molar-refractivity contribution in [1.82, 2.24) is 9.97 Å². The van der Waals surface area contributed by atoms with Gasteiger partial charge in [-0.25, -0.2) is 0 Å². The molecule has 0 aliphatic carbocycles. The van der Waals surface area contributed by atoms with Gasteiger partial charge in [-0.3, -0.25) is 19.6 Å². The van der Waals surface area contributed by atoms with Gasteiger partial charge >= 0.3 is 11.9 Å². The Balaban J connectivity index is 0.00000726. The molecule has 6 rings (SSSR count). The highest BCUT2D eigenvalue weighted by Gasteiger charge is 2.19. The molecule has 0 fully saturated rings. The van der Waals surface area contributed by atoms with E-state index in [1.165, 1.54) is 0 Å². The number of halogens is 1. The number of carbonyl (C=O) groups is 2. The molecule has 328 valence electrons. The van der Waals surface area contributed by atoms with Gasteiger partial charge in [0.05, 0.1) is 48.6 Å². The summed E-state index contributed by atoms with van der Waals surface area (Å²) in [5.41, 5.74) is 8.38. The zero-order valence-corrected chi connectivity index (χ0v) is 37.8. The average molecular weight is 867 g/mol. The molecule has 0 bridgehead atoms. The van der Waals surface area contributed by atoms with Crippen LogP contribution in [0.4, 0.5) is 0 Å². The van der Waals surface area contributed by atoms with Gasteiger partial charge in [0.2, 0.25) is 0 Å². The van der Waals surface area contributed by atoms with Gasteiger partial charge in [0.15, 0.2) is 0 Å². The molecule has 0 radical (unpaired) electrons. The summed E-state index contributed by atoms with van der Waals surface area (Å²) >= 11 is 0. The highest BCUT2D eigenvalue weighted by Crippen LogP contribution is 2.36. The number of esters is 2. The minimum atomic E-state index is -0.681. The SMILES string of the molecule is COc1ccc2ncc(COc3ccc(COC(=O)CC(=O)OCc4ccc(OCc5cnc6ccc(OC)cc6c5OC(C)C)c(C)c4C)c(C)c3C)c(OC(C)C)c2c1.Cl. The summed E-state index contributed by atoms with van der Waals surface area (Å²) in [5, 5.41) is 1.68. The van der Waals surface area contributed by atoms with Crippen molar-refractivity contribution in [3.05, 3.63) is 118 Å². The van der Waals surface area contributed by atoms with Gasteiger partial charge in [-0.15, -0.1) is 12.4 Å². The molecular formula is C49H55ClN2O10. The zero-order valence-electron chi connectivity index (χ0n) is 37.0. The predicted octanol–water partition coefficient (Wildman–Crippen LogP) is 10.4. The topological polar surface area (TPSA) is 134 Å². The maximum absolute atomic E-state index is 12.7. The van der Waals surface area contributed by atoms with E-state index in [4.69, 9.17) is 37.9 Å². The van der Waals surface area contributed by atoms with Crippen LogP contribution in [0.1, 0.15) is 78.6 Å². The summed E-state index contributed by atoms with van der Waals surface area (Å²) in [4.78, 5) is 34.7. The number of hydrogen-bond donors (Lipinski definition) is 0. The van der Waals surface area contributed by atoms with Crippen molar-refractivity contribution in [2.45, 2.75) is 100 Å². The van der Waals surface area contributed by atoms with Crippen molar-refractivity contribution in [3.63, 3.8) is 0 Å². The van der Waals surface area contributed by atoms with E-state index in [2.05, 4.69) is 9.97 Å². The van der Waals surface area contributed by atoms with E-state index >= 15 is 0 Å². The molecule has 2 heterocycles. The van der Waals surface area contributed by atoms with Crippen molar-refractivity contribution in [2.75, 3.05) is 14.2 Å². The molecule has 0 amide bonds. The largest absolute Gasteiger partial charge is 0.497 e. The predicted molar refractivity (Wildman–Crippen MR) is 240 cm³/mol. The molecule has 0 N–H and O–H groups in total. The lowest BCUT2D eigenvalue weighted by Gasteiger charge is -2.19. The lowest BCUT2D eigenvalue weighted by atomic mass is 10.0. The number of benzene rings is 4. The fourth-order valence-corrected chi connectivity index (χ4v) is 6.76. The number of pyridine rings is 2. The molecule has 13 heteroatoms. The minimum Gasteiger partial charge on any atom is -0.497 e. The smallest absolute Gasteiger partial charge is 0.317 e. The highest BCUT2D eigenvalue weighted by molar-refractivity contribution is 5.91. The van der Waals surface area contributed by atoms with Gasteiger partial charge in [-0.2, -0.15) is 0 Å². The number of rotatable bonds is 18. The van der Waals surface area contributed by atoms with E-state index in [-0.39, 0.29) is 51.0 Å². The third-order valence-electron chi connectivity index (χ3n) is 10.4. The number of fused-ring (bicyclic) bond motifs is 2. The van der Waals surface area contributed by atoms with Gasteiger partial charge < -0.3 is 37.9 Å². The van der Waals surface area contributed by atoms with Crippen LogP contribution in [0.2, 0.25) is 0 Å². The molecule has 0 spiro atoms. The number of carbonyl (C=O) groups excluding carboxylic acids is 2. The van der Waals surface area contributed by atoms with E-state index in [9.17, 15) is 9.59 Å². The summed E-state index contributed by atoms with van der Waals surface area (Å²) in [6, 6.07) is 18.8. The van der Waals surface area contributed by atoms with Crippen LogP contribution in [0.25, 0.3) is 21.8 Å². The van der Waals surface area contributed by atoms with E-state index in [0.29, 0.717) is 34.5 Å². The second-order valence-electron chi connectivity index (χ2n) is 15.3. The molecule has 0 aliphatic heterocycles. The Morgan fingerprint density at radius 3 is 1.31 bits per heavy atom. The van der Waals surface area contributed by atoms with E-state index in [1.54, 1.807) is 26.6 Å². The summed E-state index contributed by atoms with van der Waals surface area (Å²) in [6.45, 7) is 16.1. The van der Waals surface area contributed by atoms with Crippen molar-refractivity contribution in [3.8, 4) is 34.5 Å². The molecule has 0 unspecified atom stereocenters. The van der Waals surface area contributed by atoms with Crippen LogP contribution in [0, 0.1) is 27.7 Å². The van der Waals surface area contributed by atoms with Crippen LogP contribution in [0.5, 0.6) is 34.5 Å². The standard InChI is InChI=1S/C49H54N2O10.ClH/c1-28(2)60-48-36(22-50-42-15-13-38(54-9)19-40(42)48)26-56-44-17-11-34(30(5)32(44)7)24-58-46(52)21-47(53)59-25-35-12-18-45(33(8)31(35)6)57-27-37-23-51-43-16-14-39(55-10)20-41(43)49(37)61-29(3)4;/h11-20,22-23,28-29H,21,24-27H2,1-10H3;1H. The third-order valence-corrected chi connectivity index (χ3v) is 10.4. The van der Waals surface area contributed by atoms with Crippen LogP contribution in [0.15, 0.2) is 73.1 Å². The number of methoxy groups -OCH3 is 2. The Bertz CT molecular complexity index is 2380. The Kier molecular flexibility index (Phi) is 15.9. The number of hydrogen-bond acceptors (Lipinski definition) is 12. The van der Waals surface area contributed by atoms with Gasteiger partial charge in [0, 0.05) is 23.2 Å². The molecule has 12 nitrogen and oxygen atoms in total. The molecular weight excluding hydrogens is 812 g/mol. The molecule has 0 aliphatic rings. The molecule has 0 saturated heterocycles. The minimum absolute atomic E-state index is 0. The van der Waals surface area contributed by atoms with E-state index in [0.717, 1.165) is 66.3 Å². The Morgan fingerprint density at radius 1 is 0.532 bits per heavy atom. The van der Waals surface area contributed by atoms with Gasteiger partial charge in [0.25, 0.3) is 0 Å². The first kappa shape index (κ1) is 46.8. The first-order valence-electron chi connectivity index (χ1n) is 20.3. The molecule has 2 aromatic heterocycles. The van der Waals surface area contributed by atoms with Crippen molar-refractivity contribution in [1.29, 1.82) is 0 Å². The Labute approximate surface area is 369 Å². The molecule has 0 atom stereocenters. The number of ether oxygens (including phenoxy) is 8. The second kappa shape index (κ2) is 21.0. The summed E-state index contributed by atoms with van der Waals surface area (Å²) in [5.74, 6) is 2.81. The van der Waals surface area contributed by atoms with Crippen LogP contribution >= 0.6 is 12.4 Å². The quantitative estimate of drug-likeness (QED) is 0.0601. The van der Waals surface area contributed by atoms with Crippen LogP contribution in [-0.2, 0) is 45.5 Å². The van der Waals surface area contributed by atoms with Crippen molar-refractivity contribution < 1.29 is 47.5 Å². The van der Waals surface area contributed by atoms with Crippen LogP contribution in [-0.4, -0.2) is 48.3 Å². The maximum Gasteiger partial charge on any atom is 0.317 e. The second-order valence-corrected chi connectivity index (χ2v) is 15.3. The number of aromatic nitrogens is 2. The summed E-state index contributed by atoms with van der Waals surface area (Å²) in [6.07, 6.45) is 2.90. The number of nitrogens with zero attached hydrogens (tertiary/aromatic N) is 2. The summed E-state index contributed by atoms with van der Waals surface area (Å²) in [7, 11) is 3.25. The molecule has 0 saturated carbocycles. The normalized spacial score (nSPS) is 11.0. The molecule has 4 aromatic carbocycles. The lowest BCUT2D eigenvalue weighted by Crippen LogP contribution is -2.14. The summed E-state index contributed by atoms with van der Waals surface area (Å²) < 4.78 is 46.9. The molecule has 62 heavy (non-hydrogen) atoms. The van der Waals surface area contributed by atoms with Crippen LogP contribution in [0.3, 0.4) is 0 Å². The fraction of sp³-hybridized carbons (Fsp3) is 0.347. The fourth-order valence-electron chi connectivity index (χ4n) is 6.76. The Hall–Kier alpha value is -6.27. The monoisotopic (exact) mass is 866 g/mol. The van der Waals surface area contributed by atoms with Gasteiger partial charge in [0.1, 0.15) is 67.3 Å². The maximum atomic E-state index is 12.7. The highest BCUT2D eigenvalue weighted by atomic mass is 35.5. The van der Waals surface area contributed by atoms with Crippen molar-refractivity contribution >= 4 is 46.2 Å². The zero-order chi connectivity index (χ0) is 43.8. The van der Waals surface area contributed by atoms with Gasteiger partial charge in [-0.05, 0) is 137 Å².